The molecule has 2 atom stereocenters. The molecule has 0 amide bonds. The Hall–Kier alpha value is 0.909. The van der Waals surface area contributed by atoms with E-state index in [-0.39, 0.29) is 4.75 Å². The molecule has 0 aliphatic carbocycles. The quantitative estimate of drug-likeness (QED) is 0.176. The summed E-state index contributed by atoms with van der Waals surface area (Å²) in [6, 6.07) is 0. The second-order valence-corrected chi connectivity index (χ2v) is 25.3. The molecule has 0 fully saturated rings. The van der Waals surface area contributed by atoms with Crippen molar-refractivity contribution in [1.82, 2.24) is 4.72 Å². The summed E-state index contributed by atoms with van der Waals surface area (Å²) in [6.07, 6.45) is 13.2. The third-order valence-electron chi connectivity index (χ3n) is 5.73. The zero-order valence-corrected chi connectivity index (χ0v) is 22.8. The molecule has 1 N–H and O–H groups in total. The minimum atomic E-state index is -2.41. The molecule has 0 heterocycles. The molecule has 4 heteroatoms. The molecule has 0 aliphatic rings. The maximum absolute atomic E-state index is 13.0. The van der Waals surface area contributed by atoms with Gasteiger partial charge in [-0.3, -0.25) is 0 Å². The van der Waals surface area contributed by atoms with Crippen molar-refractivity contribution >= 4 is 29.4 Å². The minimum absolute atomic E-state index is 0.166. The van der Waals surface area contributed by atoms with Crippen LogP contribution in [0.4, 0.5) is 0 Å². The molecule has 158 valence electrons. The Labute approximate surface area is 172 Å². The van der Waals surface area contributed by atoms with Gasteiger partial charge in [0.1, 0.15) is 0 Å². The predicted molar refractivity (Wildman–Crippen MR) is 124 cm³/mol. The SMILES string of the molecule is CCCCC[C@H](NS(=O)C(C)(C)C)[Sn]([CH2]CCC)([CH2]CCC)[CH2]CCC. The van der Waals surface area contributed by atoms with Gasteiger partial charge >= 0.3 is 173 Å². The Morgan fingerprint density at radius 1 is 0.769 bits per heavy atom. The molecule has 0 radical (unpaired) electrons. The van der Waals surface area contributed by atoms with Gasteiger partial charge in [0.25, 0.3) is 0 Å². The third-order valence-corrected chi connectivity index (χ3v) is 24.9. The van der Waals surface area contributed by atoms with Crippen molar-refractivity contribution in [3.8, 4) is 0 Å². The van der Waals surface area contributed by atoms with E-state index in [1.807, 2.05) is 0 Å². The molecule has 0 aromatic carbocycles. The summed E-state index contributed by atoms with van der Waals surface area (Å²) in [5, 5.41) is 0. The molecule has 0 spiro atoms. The average Bonchev–Trinajstić information content (AvgIpc) is 2.60. The van der Waals surface area contributed by atoms with Crippen LogP contribution in [0.3, 0.4) is 0 Å². The summed E-state index contributed by atoms with van der Waals surface area (Å²) in [4.78, 5) is 0. The Morgan fingerprint density at radius 3 is 1.54 bits per heavy atom. The monoisotopic (exact) mass is 495 g/mol. The molecule has 0 aromatic rings. The summed E-state index contributed by atoms with van der Waals surface area (Å²) < 4.78 is 21.7. The first kappa shape index (κ1) is 26.9. The van der Waals surface area contributed by atoms with Crippen LogP contribution in [0.1, 0.15) is 113 Å². The fourth-order valence-electron chi connectivity index (χ4n) is 3.88. The fraction of sp³-hybridized carbons (Fsp3) is 1.00. The van der Waals surface area contributed by atoms with Crippen molar-refractivity contribution in [3.05, 3.63) is 0 Å². The van der Waals surface area contributed by atoms with Gasteiger partial charge in [-0.05, 0) is 0 Å². The van der Waals surface area contributed by atoms with E-state index in [2.05, 4.69) is 53.2 Å². The predicted octanol–water partition coefficient (Wildman–Crippen LogP) is 7.38. The van der Waals surface area contributed by atoms with Crippen molar-refractivity contribution in [2.75, 3.05) is 0 Å². The van der Waals surface area contributed by atoms with E-state index in [0.717, 1.165) is 0 Å². The zero-order chi connectivity index (χ0) is 20.1. The van der Waals surface area contributed by atoms with E-state index >= 15 is 0 Å². The van der Waals surface area contributed by atoms with Gasteiger partial charge in [0, 0.05) is 0 Å². The van der Waals surface area contributed by atoms with Crippen LogP contribution in [0.2, 0.25) is 13.3 Å². The number of hydrogen-bond donors (Lipinski definition) is 1. The number of nitrogens with one attached hydrogen (secondary N) is 1. The van der Waals surface area contributed by atoms with Gasteiger partial charge in [-0.15, -0.1) is 0 Å². The second kappa shape index (κ2) is 14.8. The van der Waals surface area contributed by atoms with Crippen molar-refractivity contribution in [2.24, 2.45) is 0 Å². The van der Waals surface area contributed by atoms with Gasteiger partial charge < -0.3 is 0 Å². The van der Waals surface area contributed by atoms with E-state index < -0.39 is 29.4 Å². The van der Waals surface area contributed by atoms with Crippen LogP contribution in [0, 0.1) is 0 Å². The molecule has 0 saturated heterocycles. The third kappa shape index (κ3) is 10.5. The first-order chi connectivity index (χ1) is 12.3. The molecule has 0 aliphatic heterocycles. The molecular weight excluding hydrogens is 445 g/mol. The van der Waals surface area contributed by atoms with E-state index in [9.17, 15) is 4.21 Å². The fourth-order valence-corrected chi connectivity index (χ4v) is 24.4. The van der Waals surface area contributed by atoms with Gasteiger partial charge in [0.2, 0.25) is 0 Å². The van der Waals surface area contributed by atoms with Crippen molar-refractivity contribution in [2.45, 2.75) is 135 Å². The molecular formula is C22H49NOSSn. The van der Waals surface area contributed by atoms with Gasteiger partial charge in [-0.1, -0.05) is 0 Å². The summed E-state index contributed by atoms with van der Waals surface area (Å²) >= 11 is -2.41. The van der Waals surface area contributed by atoms with Crippen LogP contribution in [-0.4, -0.2) is 31.4 Å². The number of unbranched alkanes of at least 4 members (excludes halogenated alkanes) is 5. The van der Waals surface area contributed by atoms with Gasteiger partial charge in [-0.2, -0.15) is 0 Å². The summed E-state index contributed by atoms with van der Waals surface area (Å²) in [6.45, 7) is 15.6. The van der Waals surface area contributed by atoms with Crippen molar-refractivity contribution in [3.63, 3.8) is 0 Å². The normalized spacial score (nSPS) is 15.2. The van der Waals surface area contributed by atoms with E-state index in [0.29, 0.717) is 4.06 Å². The van der Waals surface area contributed by atoms with Crippen molar-refractivity contribution < 1.29 is 4.21 Å². The first-order valence-corrected chi connectivity index (χ1v) is 20.3. The Kier molecular flexibility index (Phi) is 15.4. The van der Waals surface area contributed by atoms with E-state index in [1.54, 1.807) is 0 Å². The number of hydrogen-bond acceptors (Lipinski definition) is 1. The molecule has 0 saturated carbocycles. The van der Waals surface area contributed by atoms with Gasteiger partial charge in [-0.25, -0.2) is 0 Å². The molecule has 0 rings (SSSR count). The van der Waals surface area contributed by atoms with Gasteiger partial charge in [0.15, 0.2) is 0 Å². The Bertz CT molecular complexity index is 346. The molecule has 0 bridgehead atoms. The second-order valence-electron chi connectivity index (χ2n) is 9.22. The summed E-state index contributed by atoms with van der Waals surface area (Å²) in [5.41, 5.74) is 0. The molecule has 2 nitrogen and oxygen atoms in total. The molecule has 1 unspecified atom stereocenters. The first-order valence-electron chi connectivity index (χ1n) is 11.4. The Balaban J connectivity index is 5.60. The average molecular weight is 494 g/mol. The van der Waals surface area contributed by atoms with Gasteiger partial charge in [0.05, 0.1) is 0 Å². The van der Waals surface area contributed by atoms with Crippen LogP contribution >= 0.6 is 0 Å². The van der Waals surface area contributed by atoms with Crippen LogP contribution in [0.15, 0.2) is 0 Å². The summed E-state index contributed by atoms with van der Waals surface area (Å²) in [7, 11) is -0.933. The van der Waals surface area contributed by atoms with E-state index in [4.69, 9.17) is 0 Å². The van der Waals surface area contributed by atoms with Crippen LogP contribution in [0.5, 0.6) is 0 Å². The summed E-state index contributed by atoms with van der Waals surface area (Å²) in [5.74, 6) is 0. The molecule has 26 heavy (non-hydrogen) atoms. The standard InChI is InChI=1S/C10H22NOS.3C4H9.Sn/c1-5-6-7-8-9-11-13(12)10(2,3)4;3*1-3-4-2;/h9,11H,5-8H2,1-4H3;3*1,3-4H2,2H3;. The zero-order valence-electron chi connectivity index (χ0n) is 19.1. The molecule has 0 aromatic heterocycles. The van der Waals surface area contributed by atoms with Crippen LogP contribution in [0.25, 0.3) is 0 Å². The maximum atomic E-state index is 13.0. The number of rotatable bonds is 16. The van der Waals surface area contributed by atoms with E-state index in [1.165, 1.54) is 77.5 Å². The van der Waals surface area contributed by atoms with Crippen molar-refractivity contribution in [1.29, 1.82) is 0 Å². The van der Waals surface area contributed by atoms with Crippen LogP contribution in [-0.2, 0) is 11.0 Å². The topological polar surface area (TPSA) is 29.1 Å². The van der Waals surface area contributed by atoms with Crippen LogP contribution < -0.4 is 4.72 Å². The Morgan fingerprint density at radius 2 is 1.19 bits per heavy atom.